The highest BCUT2D eigenvalue weighted by Gasteiger charge is 2.15. The van der Waals surface area contributed by atoms with Crippen molar-refractivity contribution in [2.75, 3.05) is 0 Å². The summed E-state index contributed by atoms with van der Waals surface area (Å²) in [5.41, 5.74) is 1.29. The van der Waals surface area contributed by atoms with E-state index in [-0.39, 0.29) is 23.8 Å². The first-order valence-corrected chi connectivity index (χ1v) is 7.62. The van der Waals surface area contributed by atoms with Gasteiger partial charge in [0.25, 0.3) is 5.56 Å². The van der Waals surface area contributed by atoms with E-state index in [9.17, 15) is 9.59 Å². The smallest absolute Gasteiger partial charge is 0.251 e. The van der Waals surface area contributed by atoms with Crippen LogP contribution in [0.2, 0.25) is 0 Å². The van der Waals surface area contributed by atoms with E-state index >= 15 is 0 Å². The van der Waals surface area contributed by atoms with Gasteiger partial charge in [-0.05, 0) is 12.1 Å². The number of rotatable bonds is 4. The van der Waals surface area contributed by atoms with Crippen LogP contribution >= 0.6 is 0 Å². The van der Waals surface area contributed by atoms with Crippen LogP contribution < -0.4 is 5.56 Å². The van der Waals surface area contributed by atoms with Gasteiger partial charge in [0.1, 0.15) is 11.8 Å². The first-order chi connectivity index (χ1) is 12.1. The Hall–Kier alpha value is -3.48. The van der Waals surface area contributed by atoms with E-state index in [2.05, 4.69) is 10.2 Å². The van der Waals surface area contributed by atoms with Crippen molar-refractivity contribution in [3.8, 4) is 11.5 Å². The van der Waals surface area contributed by atoms with E-state index in [1.165, 1.54) is 23.1 Å². The van der Waals surface area contributed by atoms with Crippen molar-refractivity contribution in [1.29, 1.82) is 0 Å². The molecule has 4 aromatic rings. The number of aryl methyl sites for hydroxylation is 1. The number of carbonyl (C=O) groups excluding carboxylic acids is 1. The Labute approximate surface area is 141 Å². The number of hydrogen-bond acceptors (Lipinski definition) is 6. The van der Waals surface area contributed by atoms with Crippen molar-refractivity contribution in [1.82, 2.24) is 14.8 Å². The lowest BCUT2D eigenvalue weighted by molar-refractivity contribution is 0.0971. The minimum Gasteiger partial charge on any atom is -0.464 e. The largest absolute Gasteiger partial charge is 0.464 e. The zero-order valence-electron chi connectivity index (χ0n) is 13.3. The second-order valence-electron chi connectivity index (χ2n) is 5.58. The van der Waals surface area contributed by atoms with Crippen molar-refractivity contribution in [2.45, 2.75) is 13.5 Å². The summed E-state index contributed by atoms with van der Waals surface area (Å²) in [5, 5.41) is 8.35. The van der Waals surface area contributed by atoms with Gasteiger partial charge in [-0.2, -0.15) is 0 Å². The Morgan fingerprint density at radius 2 is 2.04 bits per heavy atom. The molecule has 0 atom stereocenters. The summed E-state index contributed by atoms with van der Waals surface area (Å²) in [6, 6.07) is 10.3. The molecule has 4 rings (SSSR count). The van der Waals surface area contributed by atoms with Crippen molar-refractivity contribution < 1.29 is 13.6 Å². The Kier molecular flexibility index (Phi) is 3.53. The van der Waals surface area contributed by atoms with E-state index in [1.807, 2.05) is 18.2 Å². The monoisotopic (exact) mass is 335 g/mol. The van der Waals surface area contributed by atoms with Crippen LogP contribution in [0.25, 0.3) is 22.4 Å². The third-order valence-electron chi connectivity index (χ3n) is 3.86. The van der Waals surface area contributed by atoms with Crippen molar-refractivity contribution in [3.63, 3.8) is 0 Å². The van der Waals surface area contributed by atoms with Crippen molar-refractivity contribution >= 4 is 16.8 Å². The predicted octanol–water partition coefficient (Wildman–Crippen LogP) is 2.84. The molecule has 0 saturated heterocycles. The molecule has 0 aliphatic rings. The number of ketones is 1. The molecule has 7 heteroatoms. The van der Waals surface area contributed by atoms with Gasteiger partial charge in [-0.1, -0.05) is 18.2 Å². The zero-order chi connectivity index (χ0) is 17.4. The fourth-order valence-corrected chi connectivity index (χ4v) is 2.62. The summed E-state index contributed by atoms with van der Waals surface area (Å²) in [4.78, 5) is 24.8. The lowest BCUT2D eigenvalue weighted by Gasteiger charge is -2.04. The van der Waals surface area contributed by atoms with Gasteiger partial charge >= 0.3 is 0 Å². The summed E-state index contributed by atoms with van der Waals surface area (Å²) in [6.45, 7) is 1.59. The first kappa shape index (κ1) is 15.1. The Morgan fingerprint density at radius 1 is 1.20 bits per heavy atom. The molecule has 1 aromatic carbocycles. The Balaban J connectivity index is 1.62. The molecule has 3 heterocycles. The molecule has 0 N–H and O–H groups in total. The summed E-state index contributed by atoms with van der Waals surface area (Å²) in [6.07, 6.45) is 2.96. The second-order valence-corrected chi connectivity index (χ2v) is 5.58. The minimum absolute atomic E-state index is 0.0779. The van der Waals surface area contributed by atoms with Crippen LogP contribution in [0.5, 0.6) is 0 Å². The third-order valence-corrected chi connectivity index (χ3v) is 3.86. The molecule has 7 nitrogen and oxygen atoms in total. The molecule has 0 bridgehead atoms. The molecule has 0 saturated carbocycles. The number of carbonyl (C=O) groups is 1. The lowest BCUT2D eigenvalue weighted by Crippen LogP contribution is -2.23. The summed E-state index contributed by atoms with van der Waals surface area (Å²) in [7, 11) is 0. The maximum absolute atomic E-state index is 12.5. The van der Waals surface area contributed by atoms with Gasteiger partial charge in [0, 0.05) is 30.1 Å². The summed E-state index contributed by atoms with van der Waals surface area (Å²) >= 11 is 0. The molecule has 124 valence electrons. The molecule has 0 radical (unpaired) electrons. The van der Waals surface area contributed by atoms with Crippen LogP contribution in [-0.4, -0.2) is 20.5 Å². The van der Waals surface area contributed by atoms with E-state index in [0.29, 0.717) is 22.6 Å². The zero-order valence-corrected chi connectivity index (χ0v) is 13.3. The normalized spacial score (nSPS) is 11.1. The number of nitrogens with zero attached hydrogens (tertiary/aromatic N) is 3. The van der Waals surface area contributed by atoms with E-state index in [0.717, 1.165) is 5.39 Å². The standard InChI is InChI=1S/C18H13N3O4/c1-11-19-20-18(25-11)12-6-7-21(17(23)8-12)9-15(22)14-10-24-16-5-3-2-4-13(14)16/h2-8,10H,9H2,1H3. The topological polar surface area (TPSA) is 91.1 Å². The molecule has 3 aromatic heterocycles. The van der Waals surface area contributed by atoms with Gasteiger partial charge in [-0.25, -0.2) is 0 Å². The SMILES string of the molecule is Cc1nnc(-c2ccn(CC(=O)c3coc4ccccc34)c(=O)c2)o1. The maximum Gasteiger partial charge on any atom is 0.251 e. The quantitative estimate of drug-likeness (QED) is 0.533. The Morgan fingerprint density at radius 3 is 2.80 bits per heavy atom. The van der Waals surface area contributed by atoms with E-state index < -0.39 is 0 Å². The number of Topliss-reactive ketones (excluding diaryl/α,β-unsaturated/α-hetero) is 1. The number of aromatic nitrogens is 3. The molecule has 0 spiro atoms. The minimum atomic E-state index is -0.325. The first-order valence-electron chi connectivity index (χ1n) is 7.62. The molecule has 25 heavy (non-hydrogen) atoms. The van der Waals surface area contributed by atoms with E-state index in [4.69, 9.17) is 8.83 Å². The predicted molar refractivity (Wildman–Crippen MR) is 89.3 cm³/mol. The highest BCUT2D eigenvalue weighted by atomic mass is 16.4. The lowest BCUT2D eigenvalue weighted by atomic mass is 10.1. The third kappa shape index (κ3) is 2.76. The number of fused-ring (bicyclic) bond motifs is 1. The molecule has 0 fully saturated rings. The molecule has 0 aliphatic carbocycles. The van der Waals surface area contributed by atoms with Gasteiger partial charge in [0.2, 0.25) is 11.8 Å². The molecular weight excluding hydrogens is 322 g/mol. The van der Waals surface area contributed by atoms with Crippen LogP contribution in [0.3, 0.4) is 0 Å². The fraction of sp³-hybridized carbons (Fsp3) is 0.111. The second kappa shape index (κ2) is 5.86. The molecule has 0 aliphatic heterocycles. The maximum atomic E-state index is 12.5. The van der Waals surface area contributed by atoms with Gasteiger partial charge < -0.3 is 13.4 Å². The van der Waals surface area contributed by atoms with Crippen LogP contribution in [0.1, 0.15) is 16.2 Å². The highest BCUT2D eigenvalue weighted by Crippen LogP contribution is 2.21. The number of pyridine rings is 1. The van der Waals surface area contributed by atoms with Crippen molar-refractivity contribution in [2.24, 2.45) is 0 Å². The van der Waals surface area contributed by atoms with Crippen LogP contribution in [-0.2, 0) is 6.54 Å². The van der Waals surface area contributed by atoms with Crippen LogP contribution in [0, 0.1) is 6.92 Å². The summed E-state index contributed by atoms with van der Waals surface area (Å²) < 4.78 is 12.0. The van der Waals surface area contributed by atoms with Crippen LogP contribution in [0.4, 0.5) is 0 Å². The fourth-order valence-electron chi connectivity index (χ4n) is 2.62. The van der Waals surface area contributed by atoms with Crippen LogP contribution in [0.15, 0.2) is 62.5 Å². The molecule has 0 amide bonds. The number of para-hydroxylation sites is 1. The summed E-state index contributed by atoms with van der Waals surface area (Å²) in [5.74, 6) is 0.489. The average molecular weight is 335 g/mol. The average Bonchev–Trinajstić information content (AvgIpc) is 3.23. The number of furan rings is 1. The molecule has 0 unspecified atom stereocenters. The van der Waals surface area contributed by atoms with Gasteiger partial charge in [-0.15, -0.1) is 10.2 Å². The highest BCUT2D eigenvalue weighted by molar-refractivity contribution is 6.06. The number of hydrogen-bond donors (Lipinski definition) is 0. The van der Waals surface area contributed by atoms with E-state index in [1.54, 1.807) is 19.1 Å². The van der Waals surface area contributed by atoms with Gasteiger partial charge in [0.15, 0.2) is 5.78 Å². The Bertz CT molecular complexity index is 1140. The van der Waals surface area contributed by atoms with Crippen molar-refractivity contribution in [3.05, 3.63) is 70.7 Å². The molecular formula is C18H13N3O4. The van der Waals surface area contributed by atoms with Gasteiger partial charge in [-0.3, -0.25) is 9.59 Å². The number of benzene rings is 1. The van der Waals surface area contributed by atoms with Gasteiger partial charge in [0.05, 0.1) is 12.1 Å².